The molecule has 1 aromatic carbocycles. The Bertz CT molecular complexity index is 961. The molecular formula is C20H21N3O4. The molecule has 0 N–H and O–H groups in total. The quantitative estimate of drug-likeness (QED) is 0.705. The number of aryl methyl sites for hydroxylation is 1. The summed E-state index contributed by atoms with van der Waals surface area (Å²) in [6.07, 6.45) is 3.24. The Kier molecular flexibility index (Phi) is 4.66. The van der Waals surface area contributed by atoms with E-state index >= 15 is 0 Å². The number of benzene rings is 1. The highest BCUT2D eigenvalue weighted by Crippen LogP contribution is 2.26. The number of fused-ring (bicyclic) bond motifs is 1. The van der Waals surface area contributed by atoms with Gasteiger partial charge in [-0.25, -0.2) is 4.98 Å². The van der Waals surface area contributed by atoms with Crippen molar-refractivity contribution < 1.29 is 18.7 Å². The summed E-state index contributed by atoms with van der Waals surface area (Å²) in [6.45, 7) is 3.07. The van der Waals surface area contributed by atoms with Gasteiger partial charge in [0.15, 0.2) is 5.76 Å². The first-order chi connectivity index (χ1) is 13.1. The van der Waals surface area contributed by atoms with E-state index in [1.165, 1.54) is 0 Å². The molecular weight excluding hydrogens is 346 g/mol. The van der Waals surface area contributed by atoms with Gasteiger partial charge in [-0.05, 0) is 31.2 Å². The number of hydrogen-bond donors (Lipinski definition) is 0. The van der Waals surface area contributed by atoms with E-state index in [1.54, 1.807) is 30.3 Å². The third-order valence-corrected chi connectivity index (χ3v) is 4.70. The second kappa shape index (κ2) is 7.26. The number of furan rings is 1. The topological polar surface area (TPSA) is 77.7 Å². The molecule has 3 heterocycles. The van der Waals surface area contributed by atoms with Crippen molar-refractivity contribution in [1.29, 1.82) is 0 Å². The number of piperidine rings is 1. The van der Waals surface area contributed by atoms with E-state index in [0.29, 0.717) is 36.1 Å². The smallest absolute Gasteiger partial charge is 0.289 e. The predicted molar refractivity (Wildman–Crippen MR) is 99.1 cm³/mol. The van der Waals surface area contributed by atoms with E-state index in [-0.39, 0.29) is 12.0 Å². The lowest BCUT2D eigenvalue weighted by Crippen LogP contribution is -2.41. The number of carbonyl (C=O) groups excluding carboxylic acids is 1. The number of carbonyl (C=O) groups is 1. The van der Waals surface area contributed by atoms with Crippen molar-refractivity contribution in [3.8, 4) is 11.6 Å². The van der Waals surface area contributed by atoms with Gasteiger partial charge in [0.2, 0.25) is 5.88 Å². The van der Waals surface area contributed by atoms with Crippen molar-refractivity contribution in [1.82, 2.24) is 14.9 Å². The summed E-state index contributed by atoms with van der Waals surface area (Å²) >= 11 is 0. The second-order valence-electron chi connectivity index (χ2n) is 6.57. The maximum absolute atomic E-state index is 12.8. The molecule has 0 spiro atoms. The second-order valence-corrected chi connectivity index (χ2v) is 6.57. The van der Waals surface area contributed by atoms with Gasteiger partial charge in [0.25, 0.3) is 5.91 Å². The predicted octanol–water partition coefficient (Wildman–Crippen LogP) is 3.22. The Balaban J connectivity index is 1.39. The van der Waals surface area contributed by atoms with Crippen molar-refractivity contribution in [2.45, 2.75) is 25.9 Å². The molecule has 0 atom stereocenters. The molecule has 0 aliphatic carbocycles. The molecule has 27 heavy (non-hydrogen) atoms. The largest absolute Gasteiger partial charge is 0.497 e. The summed E-state index contributed by atoms with van der Waals surface area (Å²) in [4.78, 5) is 22.9. The molecule has 1 aliphatic rings. The van der Waals surface area contributed by atoms with Crippen molar-refractivity contribution in [3.63, 3.8) is 0 Å². The van der Waals surface area contributed by atoms with Crippen LogP contribution in [-0.4, -0.2) is 47.1 Å². The van der Waals surface area contributed by atoms with E-state index < -0.39 is 0 Å². The third-order valence-electron chi connectivity index (χ3n) is 4.70. The zero-order valence-electron chi connectivity index (χ0n) is 15.3. The molecule has 7 nitrogen and oxygen atoms in total. The van der Waals surface area contributed by atoms with Crippen molar-refractivity contribution in [2.75, 3.05) is 20.2 Å². The zero-order valence-corrected chi connectivity index (χ0v) is 15.3. The van der Waals surface area contributed by atoms with Gasteiger partial charge in [0.05, 0.1) is 7.11 Å². The molecule has 0 saturated carbocycles. The Morgan fingerprint density at radius 1 is 1.22 bits per heavy atom. The highest BCUT2D eigenvalue weighted by atomic mass is 16.5. The lowest BCUT2D eigenvalue weighted by atomic mass is 10.1. The van der Waals surface area contributed by atoms with Gasteiger partial charge >= 0.3 is 0 Å². The first-order valence-corrected chi connectivity index (χ1v) is 8.95. The van der Waals surface area contributed by atoms with Crippen LogP contribution in [0.3, 0.4) is 0 Å². The molecule has 0 unspecified atom stereocenters. The fourth-order valence-corrected chi connectivity index (χ4v) is 3.26. The molecule has 2 aromatic heterocycles. The van der Waals surface area contributed by atoms with Crippen LogP contribution in [0.2, 0.25) is 0 Å². The van der Waals surface area contributed by atoms with Gasteiger partial charge in [-0.1, -0.05) is 0 Å². The fraction of sp³-hybridized carbons (Fsp3) is 0.350. The number of amides is 1. The van der Waals surface area contributed by atoms with Crippen LogP contribution in [0.4, 0.5) is 0 Å². The molecule has 4 rings (SSSR count). The number of aromatic nitrogens is 2. The Hall–Kier alpha value is -3.09. The van der Waals surface area contributed by atoms with Crippen molar-refractivity contribution >= 4 is 16.9 Å². The van der Waals surface area contributed by atoms with E-state index in [0.717, 1.165) is 24.0 Å². The SMILES string of the molecule is COc1ccc2oc(C(=O)N3CCC(Oc4ccnc(C)n4)CC3)cc2c1. The highest BCUT2D eigenvalue weighted by molar-refractivity contribution is 5.96. The van der Waals surface area contributed by atoms with E-state index in [9.17, 15) is 4.79 Å². The summed E-state index contributed by atoms with van der Waals surface area (Å²) in [6, 6.07) is 9.02. The molecule has 1 aliphatic heterocycles. The molecule has 7 heteroatoms. The zero-order chi connectivity index (χ0) is 18.8. The van der Waals surface area contributed by atoms with Gasteiger partial charge in [-0.2, -0.15) is 4.98 Å². The van der Waals surface area contributed by atoms with Crippen LogP contribution in [0.1, 0.15) is 29.2 Å². The summed E-state index contributed by atoms with van der Waals surface area (Å²) < 4.78 is 16.9. The highest BCUT2D eigenvalue weighted by Gasteiger charge is 2.27. The standard InChI is InChI=1S/C20H21N3O4/c1-13-21-8-5-19(22-13)26-15-6-9-23(10-7-15)20(24)18-12-14-11-16(25-2)3-4-17(14)27-18/h3-5,8,11-12,15H,6-7,9-10H2,1-2H3. The monoisotopic (exact) mass is 367 g/mol. The van der Waals surface area contributed by atoms with Gasteiger partial charge in [0.1, 0.15) is 23.3 Å². The number of methoxy groups -OCH3 is 1. The average molecular weight is 367 g/mol. The van der Waals surface area contributed by atoms with Crippen molar-refractivity contribution in [3.05, 3.63) is 48.1 Å². The van der Waals surface area contributed by atoms with Crippen LogP contribution in [0.25, 0.3) is 11.0 Å². The van der Waals surface area contributed by atoms with E-state index in [2.05, 4.69) is 9.97 Å². The maximum Gasteiger partial charge on any atom is 0.289 e. The molecule has 140 valence electrons. The van der Waals surface area contributed by atoms with Crippen LogP contribution in [0.15, 0.2) is 40.9 Å². The molecule has 3 aromatic rings. The minimum absolute atomic E-state index is 0.0447. The first-order valence-electron chi connectivity index (χ1n) is 8.95. The van der Waals surface area contributed by atoms with Gasteiger partial charge < -0.3 is 18.8 Å². The number of hydrogen-bond acceptors (Lipinski definition) is 6. The third kappa shape index (κ3) is 3.72. The molecule has 0 radical (unpaired) electrons. The molecule has 1 fully saturated rings. The summed E-state index contributed by atoms with van der Waals surface area (Å²) in [5.41, 5.74) is 0.677. The lowest BCUT2D eigenvalue weighted by Gasteiger charge is -2.31. The van der Waals surface area contributed by atoms with Gasteiger partial charge in [0, 0.05) is 43.6 Å². The average Bonchev–Trinajstić information content (AvgIpc) is 3.11. The van der Waals surface area contributed by atoms with Crippen LogP contribution in [0, 0.1) is 6.92 Å². The number of rotatable bonds is 4. The van der Waals surface area contributed by atoms with Crippen LogP contribution >= 0.6 is 0 Å². The summed E-state index contributed by atoms with van der Waals surface area (Å²) in [5, 5.41) is 0.857. The lowest BCUT2D eigenvalue weighted by molar-refractivity contribution is 0.0561. The van der Waals surface area contributed by atoms with Gasteiger partial charge in [-0.15, -0.1) is 0 Å². The van der Waals surface area contributed by atoms with Crippen LogP contribution in [0.5, 0.6) is 11.6 Å². The van der Waals surface area contributed by atoms with E-state index in [4.69, 9.17) is 13.9 Å². The normalized spacial score (nSPS) is 15.1. The fourth-order valence-electron chi connectivity index (χ4n) is 3.26. The van der Waals surface area contributed by atoms with Crippen LogP contribution < -0.4 is 9.47 Å². The summed E-state index contributed by atoms with van der Waals surface area (Å²) in [5.74, 6) is 2.26. The summed E-state index contributed by atoms with van der Waals surface area (Å²) in [7, 11) is 1.61. The Labute approximate surface area is 156 Å². The minimum Gasteiger partial charge on any atom is -0.497 e. The van der Waals surface area contributed by atoms with Crippen LogP contribution in [-0.2, 0) is 0 Å². The number of likely N-dealkylation sites (tertiary alicyclic amines) is 1. The van der Waals surface area contributed by atoms with Gasteiger partial charge in [-0.3, -0.25) is 4.79 Å². The van der Waals surface area contributed by atoms with Crippen molar-refractivity contribution in [2.24, 2.45) is 0 Å². The maximum atomic E-state index is 12.8. The van der Waals surface area contributed by atoms with E-state index in [1.807, 2.05) is 25.1 Å². The number of nitrogens with zero attached hydrogens (tertiary/aromatic N) is 3. The molecule has 0 bridgehead atoms. The minimum atomic E-state index is -0.0958. The first kappa shape index (κ1) is 17.3. The molecule has 1 amide bonds. The Morgan fingerprint density at radius 3 is 2.78 bits per heavy atom. The Morgan fingerprint density at radius 2 is 2.04 bits per heavy atom. The molecule has 1 saturated heterocycles. The number of ether oxygens (including phenoxy) is 2.